The van der Waals surface area contributed by atoms with Gasteiger partial charge in [-0.15, -0.1) is 0 Å². The van der Waals surface area contributed by atoms with Crippen LogP contribution in [0, 0.1) is 0 Å². The van der Waals surface area contributed by atoms with Gasteiger partial charge in [0, 0.05) is 18.3 Å². The second-order valence-corrected chi connectivity index (χ2v) is 5.76. The first-order valence-corrected chi connectivity index (χ1v) is 7.90. The van der Waals surface area contributed by atoms with E-state index in [0.717, 1.165) is 0 Å². The number of amides is 1. The summed E-state index contributed by atoms with van der Waals surface area (Å²) >= 11 is 0. The minimum absolute atomic E-state index is 0.0460. The molecule has 6 heteroatoms. The van der Waals surface area contributed by atoms with Crippen molar-refractivity contribution in [3.63, 3.8) is 0 Å². The molecule has 0 radical (unpaired) electrons. The highest BCUT2D eigenvalue weighted by Gasteiger charge is 2.22. The van der Waals surface area contributed by atoms with E-state index in [1.54, 1.807) is 6.07 Å². The molecule has 1 N–H and O–H groups in total. The highest BCUT2D eigenvalue weighted by Crippen LogP contribution is 2.30. The van der Waals surface area contributed by atoms with Crippen LogP contribution in [0.2, 0.25) is 0 Å². The molecule has 0 spiro atoms. The highest BCUT2D eigenvalue weighted by molar-refractivity contribution is 5.95. The lowest BCUT2D eigenvalue weighted by Gasteiger charge is -2.26. The molecule has 23 heavy (non-hydrogen) atoms. The van der Waals surface area contributed by atoms with Gasteiger partial charge < -0.3 is 19.7 Å². The van der Waals surface area contributed by atoms with Crippen molar-refractivity contribution in [3.8, 4) is 11.5 Å². The fraction of sp³-hybridized carbons (Fsp3) is 0.588. The average Bonchev–Trinajstić information content (AvgIpc) is 2.47. The number of rotatable bonds is 9. The monoisotopic (exact) mass is 323 g/mol. The lowest BCUT2D eigenvalue weighted by atomic mass is 10.2. The maximum Gasteiger partial charge on any atom is 0.243 e. The summed E-state index contributed by atoms with van der Waals surface area (Å²) in [6.07, 6.45) is 0. The SMILES string of the molecule is CCOc1ccc(NC(=O)C(CN(C)C)N(C)C)cc1OCC. The molecule has 0 fully saturated rings. The zero-order valence-corrected chi connectivity index (χ0v) is 15.0. The van der Waals surface area contributed by atoms with E-state index in [2.05, 4.69) is 5.32 Å². The normalized spacial score (nSPS) is 12.3. The standard InChI is InChI=1S/C17H29N3O3/c1-7-22-15-10-9-13(11-16(15)23-8-2)18-17(21)14(20(5)6)12-19(3)4/h9-11,14H,7-8,12H2,1-6H3,(H,18,21). The quantitative estimate of drug-likeness (QED) is 0.752. The molecule has 1 amide bonds. The van der Waals surface area contributed by atoms with Crippen LogP contribution in [-0.2, 0) is 4.79 Å². The number of benzene rings is 1. The number of carbonyl (C=O) groups is 1. The van der Waals surface area contributed by atoms with Gasteiger partial charge in [0.15, 0.2) is 11.5 Å². The first-order chi connectivity index (χ1) is 10.9. The van der Waals surface area contributed by atoms with Crippen molar-refractivity contribution >= 4 is 11.6 Å². The van der Waals surface area contributed by atoms with Crippen LogP contribution in [0.25, 0.3) is 0 Å². The Balaban J connectivity index is 2.89. The van der Waals surface area contributed by atoms with Crippen molar-refractivity contribution in [2.24, 2.45) is 0 Å². The summed E-state index contributed by atoms with van der Waals surface area (Å²) in [6.45, 7) is 5.60. The minimum Gasteiger partial charge on any atom is -0.490 e. The van der Waals surface area contributed by atoms with E-state index in [0.29, 0.717) is 36.9 Å². The fourth-order valence-corrected chi connectivity index (χ4v) is 2.18. The van der Waals surface area contributed by atoms with Gasteiger partial charge >= 0.3 is 0 Å². The molecule has 1 rings (SSSR count). The molecule has 0 aromatic heterocycles. The smallest absolute Gasteiger partial charge is 0.243 e. The summed E-state index contributed by atoms with van der Waals surface area (Å²) in [5, 5.41) is 2.95. The van der Waals surface area contributed by atoms with Crippen molar-refractivity contribution in [2.45, 2.75) is 19.9 Å². The Bertz CT molecular complexity index is 504. The summed E-state index contributed by atoms with van der Waals surface area (Å²) < 4.78 is 11.1. The molecule has 0 aliphatic heterocycles. The van der Waals surface area contributed by atoms with Crippen LogP contribution in [0.3, 0.4) is 0 Å². The van der Waals surface area contributed by atoms with Crippen LogP contribution in [0.1, 0.15) is 13.8 Å². The van der Waals surface area contributed by atoms with Gasteiger partial charge in [-0.05, 0) is 54.2 Å². The number of anilines is 1. The number of likely N-dealkylation sites (N-methyl/N-ethyl adjacent to an activating group) is 2. The molecule has 1 atom stereocenters. The van der Waals surface area contributed by atoms with E-state index in [1.807, 2.05) is 64.0 Å². The summed E-state index contributed by atoms with van der Waals surface area (Å²) in [5.74, 6) is 1.28. The Morgan fingerprint density at radius 1 is 1.09 bits per heavy atom. The van der Waals surface area contributed by atoms with E-state index >= 15 is 0 Å². The molecule has 0 aliphatic carbocycles. The lowest BCUT2D eigenvalue weighted by Crippen LogP contribution is -2.46. The maximum absolute atomic E-state index is 12.5. The van der Waals surface area contributed by atoms with Gasteiger partial charge in [-0.1, -0.05) is 0 Å². The van der Waals surface area contributed by atoms with Gasteiger partial charge in [0.25, 0.3) is 0 Å². The third-order valence-corrected chi connectivity index (χ3v) is 3.28. The first-order valence-electron chi connectivity index (χ1n) is 7.90. The molecule has 130 valence electrons. The molecule has 1 aromatic carbocycles. The molecular formula is C17H29N3O3. The molecule has 6 nitrogen and oxygen atoms in total. The largest absolute Gasteiger partial charge is 0.490 e. The number of carbonyl (C=O) groups excluding carboxylic acids is 1. The number of nitrogens with zero attached hydrogens (tertiary/aromatic N) is 2. The zero-order valence-electron chi connectivity index (χ0n) is 15.0. The Kier molecular flexibility index (Phi) is 7.85. The van der Waals surface area contributed by atoms with Crippen LogP contribution in [-0.4, -0.2) is 69.7 Å². The fourth-order valence-electron chi connectivity index (χ4n) is 2.18. The summed E-state index contributed by atoms with van der Waals surface area (Å²) in [5.41, 5.74) is 0.701. The Morgan fingerprint density at radius 2 is 1.70 bits per heavy atom. The molecular weight excluding hydrogens is 294 g/mol. The summed E-state index contributed by atoms with van der Waals surface area (Å²) in [7, 11) is 7.71. The molecule has 0 heterocycles. The van der Waals surface area contributed by atoms with Crippen LogP contribution in [0.5, 0.6) is 11.5 Å². The predicted molar refractivity (Wildman–Crippen MR) is 93.4 cm³/mol. The van der Waals surface area contributed by atoms with Gasteiger partial charge in [-0.2, -0.15) is 0 Å². The Hall–Kier alpha value is -1.79. The van der Waals surface area contributed by atoms with Crippen molar-refractivity contribution in [2.75, 3.05) is 53.3 Å². The molecule has 1 aromatic rings. The number of hydrogen-bond acceptors (Lipinski definition) is 5. The van der Waals surface area contributed by atoms with Crippen LogP contribution < -0.4 is 14.8 Å². The topological polar surface area (TPSA) is 54.0 Å². The van der Waals surface area contributed by atoms with Crippen molar-refractivity contribution in [3.05, 3.63) is 18.2 Å². The number of nitrogens with one attached hydrogen (secondary N) is 1. The van der Waals surface area contributed by atoms with E-state index in [9.17, 15) is 4.79 Å². The van der Waals surface area contributed by atoms with Gasteiger partial charge in [0.05, 0.1) is 13.2 Å². The Morgan fingerprint density at radius 3 is 2.22 bits per heavy atom. The predicted octanol–water partition coefficient (Wildman–Crippen LogP) is 1.91. The molecule has 0 saturated heterocycles. The second-order valence-electron chi connectivity index (χ2n) is 5.76. The first kappa shape index (κ1) is 19.3. The maximum atomic E-state index is 12.5. The molecule has 0 aliphatic rings. The van der Waals surface area contributed by atoms with Crippen LogP contribution >= 0.6 is 0 Å². The molecule has 0 bridgehead atoms. The van der Waals surface area contributed by atoms with Gasteiger partial charge in [0.2, 0.25) is 5.91 Å². The summed E-state index contributed by atoms with van der Waals surface area (Å²) in [6, 6.07) is 5.22. The minimum atomic E-state index is -0.230. The molecule has 1 unspecified atom stereocenters. The summed E-state index contributed by atoms with van der Waals surface area (Å²) in [4.78, 5) is 16.4. The van der Waals surface area contributed by atoms with Crippen molar-refractivity contribution in [1.29, 1.82) is 0 Å². The second kappa shape index (κ2) is 9.37. The van der Waals surface area contributed by atoms with Crippen LogP contribution in [0.15, 0.2) is 18.2 Å². The third kappa shape index (κ3) is 6.08. The number of ether oxygens (including phenoxy) is 2. The van der Waals surface area contributed by atoms with Crippen molar-refractivity contribution in [1.82, 2.24) is 9.80 Å². The highest BCUT2D eigenvalue weighted by atomic mass is 16.5. The zero-order chi connectivity index (χ0) is 17.4. The van der Waals surface area contributed by atoms with Crippen molar-refractivity contribution < 1.29 is 14.3 Å². The van der Waals surface area contributed by atoms with E-state index < -0.39 is 0 Å². The van der Waals surface area contributed by atoms with Gasteiger partial charge in [-0.25, -0.2) is 0 Å². The number of hydrogen-bond donors (Lipinski definition) is 1. The van der Waals surface area contributed by atoms with Gasteiger partial charge in [0.1, 0.15) is 6.04 Å². The lowest BCUT2D eigenvalue weighted by molar-refractivity contribution is -0.120. The third-order valence-electron chi connectivity index (χ3n) is 3.28. The van der Waals surface area contributed by atoms with E-state index in [1.165, 1.54) is 0 Å². The van der Waals surface area contributed by atoms with E-state index in [4.69, 9.17) is 9.47 Å². The van der Waals surface area contributed by atoms with Crippen LogP contribution in [0.4, 0.5) is 5.69 Å². The van der Waals surface area contributed by atoms with E-state index in [-0.39, 0.29) is 11.9 Å². The Labute approximate surface area is 139 Å². The average molecular weight is 323 g/mol. The van der Waals surface area contributed by atoms with Gasteiger partial charge in [-0.3, -0.25) is 9.69 Å². The molecule has 0 saturated carbocycles.